The molecule has 2 fully saturated rings. The third kappa shape index (κ3) is 2.84. The van der Waals surface area contributed by atoms with Crippen molar-refractivity contribution in [3.8, 4) is 5.75 Å². The second kappa shape index (κ2) is 6.29. The molecule has 3 atom stereocenters. The number of rotatable bonds is 3. The van der Waals surface area contributed by atoms with Crippen molar-refractivity contribution >= 4 is 17.2 Å². The van der Waals surface area contributed by atoms with Crippen molar-refractivity contribution in [2.24, 2.45) is 0 Å². The lowest BCUT2D eigenvalue weighted by Crippen LogP contribution is -2.44. The molecule has 0 spiro atoms. The lowest BCUT2D eigenvalue weighted by molar-refractivity contribution is -0.0447. The Morgan fingerprint density at radius 3 is 3.17 bits per heavy atom. The summed E-state index contributed by atoms with van der Waals surface area (Å²) < 4.78 is 12.0. The number of carbonyl (C=O) groups is 1. The van der Waals surface area contributed by atoms with Crippen LogP contribution in [0.25, 0.3) is 0 Å². The molecule has 1 amide bonds. The van der Waals surface area contributed by atoms with Crippen LogP contribution in [0.15, 0.2) is 41.4 Å². The van der Waals surface area contributed by atoms with Crippen LogP contribution in [-0.4, -0.2) is 47.2 Å². The lowest BCUT2D eigenvalue weighted by Gasteiger charge is -2.31. The average Bonchev–Trinajstić information content (AvgIpc) is 3.24. The Morgan fingerprint density at radius 2 is 2.39 bits per heavy atom. The zero-order valence-electron chi connectivity index (χ0n) is 12.6. The predicted octanol–water partition coefficient (Wildman–Crippen LogP) is 2.59. The molecule has 5 nitrogen and oxygen atoms in total. The fourth-order valence-corrected chi connectivity index (χ4v) is 4.02. The normalized spacial score (nSPS) is 26.8. The summed E-state index contributed by atoms with van der Waals surface area (Å²) in [6.45, 7) is 1.29. The molecule has 0 radical (unpaired) electrons. The van der Waals surface area contributed by atoms with Crippen LogP contribution in [0.4, 0.5) is 0 Å². The Morgan fingerprint density at radius 1 is 1.43 bits per heavy atom. The molecule has 6 heteroatoms. The largest absolute Gasteiger partial charge is 0.484 e. The Kier molecular flexibility index (Phi) is 4.01. The van der Waals surface area contributed by atoms with Gasteiger partial charge in [-0.1, -0.05) is 0 Å². The van der Waals surface area contributed by atoms with Gasteiger partial charge in [0.1, 0.15) is 18.0 Å². The predicted molar refractivity (Wildman–Crippen MR) is 86.8 cm³/mol. The van der Waals surface area contributed by atoms with Gasteiger partial charge < -0.3 is 14.4 Å². The summed E-state index contributed by atoms with van der Waals surface area (Å²) in [5.41, 5.74) is 0.751. The van der Waals surface area contributed by atoms with Crippen molar-refractivity contribution in [2.45, 2.75) is 31.1 Å². The Hall–Kier alpha value is -1.92. The molecule has 2 aromatic rings. The van der Waals surface area contributed by atoms with Crippen molar-refractivity contribution < 1.29 is 14.3 Å². The standard InChI is InChI=1S/C17H18N2O3S/c20-17(12-5-8-23-11-12)19-10-15(16-14(19)4-2-7-21-16)22-13-3-1-6-18-9-13/h1,3,5-6,8-9,11,14-16H,2,4,7,10H2/t14-,15+,16+/m1/s1. The van der Waals surface area contributed by atoms with Crippen molar-refractivity contribution in [3.05, 3.63) is 46.9 Å². The summed E-state index contributed by atoms with van der Waals surface area (Å²) in [6.07, 6.45) is 5.15. The van der Waals surface area contributed by atoms with Crippen LogP contribution in [0.5, 0.6) is 5.75 Å². The number of amides is 1. The molecule has 23 heavy (non-hydrogen) atoms. The van der Waals surface area contributed by atoms with Gasteiger partial charge in [0.05, 0.1) is 24.3 Å². The van der Waals surface area contributed by atoms with Crippen LogP contribution in [-0.2, 0) is 4.74 Å². The maximum Gasteiger partial charge on any atom is 0.255 e. The molecule has 4 heterocycles. The third-order valence-corrected chi connectivity index (χ3v) is 5.11. The van der Waals surface area contributed by atoms with E-state index in [0.29, 0.717) is 6.54 Å². The van der Waals surface area contributed by atoms with Crippen molar-refractivity contribution in [1.29, 1.82) is 0 Å². The number of aromatic nitrogens is 1. The number of ether oxygens (including phenoxy) is 2. The summed E-state index contributed by atoms with van der Waals surface area (Å²) in [7, 11) is 0. The van der Waals surface area contributed by atoms with Gasteiger partial charge in [0.2, 0.25) is 0 Å². The van der Waals surface area contributed by atoms with Gasteiger partial charge in [-0.2, -0.15) is 11.3 Å². The molecule has 4 rings (SSSR count). The minimum absolute atomic E-state index is 0.0634. The number of pyridine rings is 1. The van der Waals surface area contributed by atoms with Gasteiger partial charge >= 0.3 is 0 Å². The fraction of sp³-hybridized carbons (Fsp3) is 0.412. The first-order chi connectivity index (χ1) is 11.3. The van der Waals surface area contributed by atoms with Gasteiger partial charge in [-0.25, -0.2) is 0 Å². The van der Waals surface area contributed by atoms with Crippen LogP contribution < -0.4 is 4.74 Å². The molecule has 120 valence electrons. The Labute approximate surface area is 138 Å². The molecule has 2 saturated heterocycles. The molecule has 0 saturated carbocycles. The first kappa shape index (κ1) is 14.7. The van der Waals surface area contributed by atoms with E-state index in [4.69, 9.17) is 9.47 Å². The van der Waals surface area contributed by atoms with E-state index < -0.39 is 0 Å². The van der Waals surface area contributed by atoms with E-state index in [1.165, 1.54) is 0 Å². The molecule has 0 aliphatic carbocycles. The lowest BCUT2D eigenvalue weighted by atomic mass is 10.0. The van der Waals surface area contributed by atoms with Gasteiger partial charge in [0, 0.05) is 18.2 Å². The smallest absolute Gasteiger partial charge is 0.255 e. The minimum atomic E-state index is -0.146. The highest BCUT2D eigenvalue weighted by molar-refractivity contribution is 7.08. The molecular formula is C17H18N2O3S. The second-order valence-corrected chi connectivity index (χ2v) is 6.64. The SMILES string of the molecule is O=C(c1ccsc1)N1C[C@H](Oc2cccnc2)[C@H]2OCCC[C@H]21. The Bertz CT molecular complexity index is 662. The summed E-state index contributed by atoms with van der Waals surface area (Å²) in [5, 5.41) is 3.83. The number of likely N-dealkylation sites (tertiary alicyclic amines) is 1. The van der Waals surface area contributed by atoms with E-state index in [1.807, 2.05) is 33.9 Å². The maximum atomic E-state index is 12.8. The highest BCUT2D eigenvalue weighted by Gasteiger charge is 2.47. The number of carbonyl (C=O) groups excluding carboxylic acids is 1. The number of hydrogen-bond donors (Lipinski definition) is 0. The van der Waals surface area contributed by atoms with Crippen LogP contribution in [0.1, 0.15) is 23.2 Å². The summed E-state index contributed by atoms with van der Waals surface area (Å²) in [4.78, 5) is 18.8. The van der Waals surface area contributed by atoms with Gasteiger partial charge in [-0.15, -0.1) is 0 Å². The summed E-state index contributed by atoms with van der Waals surface area (Å²) >= 11 is 1.54. The van der Waals surface area contributed by atoms with Crippen LogP contribution in [0.3, 0.4) is 0 Å². The van der Waals surface area contributed by atoms with Gasteiger partial charge in [0.25, 0.3) is 5.91 Å². The fourth-order valence-electron chi connectivity index (χ4n) is 3.39. The Balaban J connectivity index is 1.56. The molecule has 2 aliphatic rings. The number of fused-ring (bicyclic) bond motifs is 1. The van der Waals surface area contributed by atoms with Crippen LogP contribution in [0.2, 0.25) is 0 Å². The monoisotopic (exact) mass is 330 g/mol. The van der Waals surface area contributed by atoms with E-state index >= 15 is 0 Å². The van der Waals surface area contributed by atoms with Crippen molar-refractivity contribution in [1.82, 2.24) is 9.88 Å². The topological polar surface area (TPSA) is 51.7 Å². The quantitative estimate of drug-likeness (QED) is 0.868. The third-order valence-electron chi connectivity index (χ3n) is 4.43. The van der Waals surface area contributed by atoms with Gasteiger partial charge in [0.15, 0.2) is 0 Å². The van der Waals surface area contributed by atoms with Crippen molar-refractivity contribution in [2.75, 3.05) is 13.2 Å². The van der Waals surface area contributed by atoms with E-state index in [0.717, 1.165) is 30.8 Å². The maximum absolute atomic E-state index is 12.8. The molecule has 0 bridgehead atoms. The average molecular weight is 330 g/mol. The summed E-state index contributed by atoms with van der Waals surface area (Å²) in [6, 6.07) is 5.70. The second-order valence-electron chi connectivity index (χ2n) is 5.86. The number of thiophene rings is 1. The molecule has 2 aliphatic heterocycles. The van der Waals surface area contributed by atoms with E-state index in [1.54, 1.807) is 23.7 Å². The molecule has 0 aromatic carbocycles. The van der Waals surface area contributed by atoms with E-state index in [-0.39, 0.29) is 24.2 Å². The first-order valence-electron chi connectivity index (χ1n) is 7.84. The van der Waals surface area contributed by atoms with E-state index in [2.05, 4.69) is 4.98 Å². The van der Waals surface area contributed by atoms with Gasteiger partial charge in [-0.3, -0.25) is 9.78 Å². The van der Waals surface area contributed by atoms with Gasteiger partial charge in [-0.05, 0) is 36.4 Å². The minimum Gasteiger partial charge on any atom is -0.484 e. The highest BCUT2D eigenvalue weighted by atomic mass is 32.1. The first-order valence-corrected chi connectivity index (χ1v) is 8.78. The van der Waals surface area contributed by atoms with Crippen LogP contribution >= 0.6 is 11.3 Å². The van der Waals surface area contributed by atoms with E-state index in [9.17, 15) is 4.79 Å². The molecule has 0 unspecified atom stereocenters. The van der Waals surface area contributed by atoms with Crippen molar-refractivity contribution in [3.63, 3.8) is 0 Å². The molecule has 0 N–H and O–H groups in total. The highest BCUT2D eigenvalue weighted by Crippen LogP contribution is 2.32. The zero-order chi connectivity index (χ0) is 15.6. The number of nitrogens with zero attached hydrogens (tertiary/aromatic N) is 2. The molecule has 2 aromatic heterocycles. The summed E-state index contributed by atoms with van der Waals surface area (Å²) in [5.74, 6) is 0.791. The molecular weight excluding hydrogens is 312 g/mol. The number of hydrogen-bond acceptors (Lipinski definition) is 5. The van der Waals surface area contributed by atoms with Crippen LogP contribution in [0, 0.1) is 0 Å². The zero-order valence-corrected chi connectivity index (χ0v) is 13.4.